The van der Waals surface area contributed by atoms with Crippen molar-refractivity contribution in [3.63, 3.8) is 0 Å². The predicted octanol–water partition coefficient (Wildman–Crippen LogP) is 3.67. The van der Waals surface area contributed by atoms with Gasteiger partial charge in [0.15, 0.2) is 0 Å². The summed E-state index contributed by atoms with van der Waals surface area (Å²) >= 11 is 1.02. The maximum absolute atomic E-state index is 13.2. The number of nitrogens with zero attached hydrogens (tertiary/aromatic N) is 3. The van der Waals surface area contributed by atoms with Crippen LogP contribution in [0.3, 0.4) is 0 Å². The lowest BCUT2D eigenvalue weighted by molar-refractivity contribution is -0.138. The molecule has 4 rings (SSSR count). The van der Waals surface area contributed by atoms with Crippen molar-refractivity contribution in [1.29, 1.82) is 0 Å². The van der Waals surface area contributed by atoms with Gasteiger partial charge in [0.25, 0.3) is 5.91 Å². The number of aromatic nitrogens is 3. The minimum atomic E-state index is -4.53. The Bertz CT molecular complexity index is 1270. The zero-order chi connectivity index (χ0) is 22.2. The van der Waals surface area contributed by atoms with E-state index in [1.807, 2.05) is 0 Å². The summed E-state index contributed by atoms with van der Waals surface area (Å²) in [6.07, 6.45) is -1.52. The fourth-order valence-electron chi connectivity index (χ4n) is 3.05. The molecule has 0 aliphatic carbocycles. The number of ether oxygens (including phenoxy) is 1. The molecule has 0 aliphatic heterocycles. The zero-order valence-corrected chi connectivity index (χ0v) is 16.6. The van der Waals surface area contributed by atoms with Crippen LogP contribution in [0, 0.1) is 0 Å². The first-order valence-corrected chi connectivity index (χ1v) is 9.74. The monoisotopic (exact) mass is 448 g/mol. The number of hydrogen-bond acceptors (Lipinski definition) is 6. The Labute approximate surface area is 177 Å². The number of fused-ring (bicyclic) bond motifs is 1. The predicted molar refractivity (Wildman–Crippen MR) is 107 cm³/mol. The van der Waals surface area contributed by atoms with Crippen LogP contribution in [0.15, 0.2) is 48.9 Å². The number of carbonyl (C=O) groups is 1. The van der Waals surface area contributed by atoms with E-state index in [9.17, 15) is 23.1 Å². The maximum atomic E-state index is 13.2. The molecule has 0 saturated heterocycles. The Balaban J connectivity index is 1.69. The van der Waals surface area contributed by atoms with Crippen LogP contribution in [-0.4, -0.2) is 25.5 Å². The number of halogens is 3. The number of benzene rings is 1. The number of rotatable bonds is 6. The molecule has 1 amide bonds. The highest BCUT2D eigenvalue weighted by atomic mass is 32.1. The van der Waals surface area contributed by atoms with Gasteiger partial charge < -0.3 is 15.6 Å². The zero-order valence-electron chi connectivity index (χ0n) is 15.8. The van der Waals surface area contributed by atoms with Gasteiger partial charge in [0.2, 0.25) is 0 Å². The second kappa shape index (κ2) is 8.00. The van der Waals surface area contributed by atoms with Gasteiger partial charge in [0.1, 0.15) is 34.1 Å². The molecule has 0 atom stereocenters. The van der Waals surface area contributed by atoms with Crippen LogP contribution in [0.2, 0.25) is 0 Å². The van der Waals surface area contributed by atoms with Crippen molar-refractivity contribution < 1.29 is 27.8 Å². The molecule has 3 aromatic heterocycles. The number of aliphatic hydroxyl groups is 1. The molecule has 3 heterocycles. The lowest BCUT2D eigenvalue weighted by Crippen LogP contribution is -2.13. The highest BCUT2D eigenvalue weighted by Crippen LogP contribution is 2.36. The lowest BCUT2D eigenvalue weighted by atomic mass is 10.1. The quantitative estimate of drug-likeness (QED) is 0.469. The molecule has 0 radical (unpaired) electrons. The minimum Gasteiger partial charge on any atom is -0.487 e. The van der Waals surface area contributed by atoms with E-state index in [0.29, 0.717) is 21.7 Å². The van der Waals surface area contributed by atoms with Crippen LogP contribution in [-0.2, 0) is 19.4 Å². The summed E-state index contributed by atoms with van der Waals surface area (Å²) < 4.78 is 46.9. The smallest absolute Gasteiger partial charge is 0.416 e. The Morgan fingerprint density at radius 2 is 2.00 bits per heavy atom. The molecule has 0 saturated carbocycles. The topological polar surface area (TPSA) is 103 Å². The fraction of sp³-hybridized carbons (Fsp3) is 0.150. The molecule has 4 aromatic rings. The van der Waals surface area contributed by atoms with Gasteiger partial charge in [-0.1, -0.05) is 18.2 Å². The van der Waals surface area contributed by atoms with Crippen molar-refractivity contribution in [2.45, 2.75) is 19.4 Å². The van der Waals surface area contributed by atoms with E-state index < -0.39 is 24.3 Å². The summed E-state index contributed by atoms with van der Waals surface area (Å²) in [6, 6.07) is 8.22. The number of thiophene rings is 1. The standard InChI is InChI=1S/C20H15F3N4O3S/c21-20(22,23)13-4-2-1-3-11(13)9-30-16-6-17(31-18(16)19(24)29)27-10-26-14-7-25-12(8-28)5-15(14)27/h1-7,10,28H,8-9H2,(H2,24,29). The number of carbonyl (C=O) groups excluding carboxylic acids is 1. The Morgan fingerprint density at radius 1 is 1.23 bits per heavy atom. The molecule has 0 unspecified atom stereocenters. The van der Waals surface area contributed by atoms with Gasteiger partial charge in [0.05, 0.1) is 29.6 Å². The molecule has 160 valence electrons. The lowest BCUT2D eigenvalue weighted by Gasteiger charge is -2.13. The second-order valence-electron chi connectivity index (χ2n) is 6.52. The van der Waals surface area contributed by atoms with Crippen LogP contribution in [0.4, 0.5) is 13.2 Å². The minimum absolute atomic E-state index is 0.0649. The normalized spacial score (nSPS) is 11.7. The largest absolute Gasteiger partial charge is 0.487 e. The van der Waals surface area contributed by atoms with Gasteiger partial charge in [-0.25, -0.2) is 4.98 Å². The van der Waals surface area contributed by atoms with Crippen molar-refractivity contribution in [3.8, 4) is 10.8 Å². The van der Waals surface area contributed by atoms with Crippen LogP contribution in [0.1, 0.15) is 26.5 Å². The van der Waals surface area contributed by atoms with E-state index in [1.165, 1.54) is 36.8 Å². The second-order valence-corrected chi connectivity index (χ2v) is 7.55. The van der Waals surface area contributed by atoms with Gasteiger partial charge in [-0.05, 0) is 12.1 Å². The molecular weight excluding hydrogens is 433 g/mol. The number of hydrogen-bond donors (Lipinski definition) is 2. The maximum Gasteiger partial charge on any atom is 0.416 e. The highest BCUT2D eigenvalue weighted by molar-refractivity contribution is 7.16. The Kier molecular flexibility index (Phi) is 5.38. The number of nitrogens with two attached hydrogens (primary N) is 1. The number of primary amides is 1. The molecular formula is C20H15F3N4O3S. The van der Waals surface area contributed by atoms with Gasteiger partial charge in [0, 0.05) is 11.6 Å². The summed E-state index contributed by atoms with van der Waals surface area (Å²) in [7, 11) is 0. The first kappa shape index (κ1) is 20.8. The molecule has 3 N–H and O–H groups in total. The highest BCUT2D eigenvalue weighted by Gasteiger charge is 2.33. The summed E-state index contributed by atoms with van der Waals surface area (Å²) in [4.78, 5) is 20.3. The number of imidazole rings is 1. The van der Waals surface area contributed by atoms with E-state index in [4.69, 9.17) is 10.5 Å². The summed E-state index contributed by atoms with van der Waals surface area (Å²) in [5.41, 5.74) is 6.20. The Hall–Kier alpha value is -3.44. The van der Waals surface area contributed by atoms with Crippen molar-refractivity contribution in [2.24, 2.45) is 5.73 Å². The molecule has 0 aliphatic rings. The number of alkyl halides is 3. The van der Waals surface area contributed by atoms with Crippen LogP contribution in [0.25, 0.3) is 16.0 Å². The molecule has 1 aromatic carbocycles. The first-order valence-electron chi connectivity index (χ1n) is 8.92. The molecule has 7 nitrogen and oxygen atoms in total. The van der Waals surface area contributed by atoms with Gasteiger partial charge in [-0.3, -0.25) is 14.3 Å². The van der Waals surface area contributed by atoms with Crippen LogP contribution < -0.4 is 10.5 Å². The van der Waals surface area contributed by atoms with E-state index in [1.54, 1.807) is 10.6 Å². The summed E-state index contributed by atoms with van der Waals surface area (Å²) in [6.45, 7) is -0.652. The van der Waals surface area contributed by atoms with Crippen LogP contribution >= 0.6 is 11.3 Å². The molecule has 31 heavy (non-hydrogen) atoms. The molecule has 0 spiro atoms. The van der Waals surface area contributed by atoms with Gasteiger partial charge in [-0.2, -0.15) is 13.2 Å². The summed E-state index contributed by atoms with van der Waals surface area (Å²) in [5.74, 6) is -0.694. The van der Waals surface area contributed by atoms with Crippen molar-refractivity contribution in [1.82, 2.24) is 14.5 Å². The third-order valence-electron chi connectivity index (χ3n) is 4.50. The van der Waals surface area contributed by atoms with E-state index in [-0.39, 0.29) is 22.8 Å². The van der Waals surface area contributed by atoms with Crippen LogP contribution in [0.5, 0.6) is 5.75 Å². The first-order chi connectivity index (χ1) is 14.8. The number of aliphatic hydroxyl groups excluding tert-OH is 1. The van der Waals surface area contributed by atoms with Gasteiger partial charge >= 0.3 is 6.18 Å². The molecule has 0 fully saturated rings. The average molecular weight is 448 g/mol. The molecule has 0 bridgehead atoms. The van der Waals surface area contributed by atoms with Crippen molar-refractivity contribution in [3.05, 3.63) is 70.6 Å². The summed E-state index contributed by atoms with van der Waals surface area (Å²) in [5, 5.41) is 9.84. The van der Waals surface area contributed by atoms with E-state index in [2.05, 4.69) is 9.97 Å². The third kappa shape index (κ3) is 4.09. The SMILES string of the molecule is NC(=O)c1sc(-n2cnc3cnc(CO)cc32)cc1OCc1ccccc1C(F)(F)F. The average Bonchev–Trinajstić information content (AvgIpc) is 3.35. The number of pyridine rings is 1. The van der Waals surface area contributed by atoms with E-state index >= 15 is 0 Å². The van der Waals surface area contributed by atoms with E-state index in [0.717, 1.165) is 17.4 Å². The Morgan fingerprint density at radius 3 is 2.71 bits per heavy atom. The van der Waals surface area contributed by atoms with Crippen molar-refractivity contribution in [2.75, 3.05) is 0 Å². The third-order valence-corrected chi connectivity index (χ3v) is 5.63. The molecule has 11 heteroatoms. The van der Waals surface area contributed by atoms with Gasteiger partial charge in [-0.15, -0.1) is 11.3 Å². The number of amides is 1. The fourth-order valence-corrected chi connectivity index (χ4v) is 3.99. The van der Waals surface area contributed by atoms with Crippen molar-refractivity contribution >= 4 is 28.3 Å².